The maximum Gasteiger partial charge on any atom is 0.252 e. The molecule has 20 heavy (non-hydrogen) atoms. The van der Waals surface area contributed by atoms with Gasteiger partial charge in [0.2, 0.25) is 5.91 Å². The number of nitrogens with zero attached hydrogens (tertiary/aromatic N) is 1. The molecule has 0 spiro atoms. The SMILES string of the molecule is CCN1CCOC(CC(=O)NCc2ccccc2)C1=O. The van der Waals surface area contributed by atoms with Gasteiger partial charge in [-0.25, -0.2) is 0 Å². The standard InChI is InChI=1S/C15H20N2O3/c1-2-17-8-9-20-13(15(17)19)10-14(18)16-11-12-6-4-3-5-7-12/h3-7,13H,2,8-11H2,1H3,(H,16,18). The van der Waals surface area contributed by atoms with Crippen LogP contribution < -0.4 is 5.32 Å². The lowest BCUT2D eigenvalue weighted by atomic mass is 10.1. The Bertz CT molecular complexity index is 461. The topological polar surface area (TPSA) is 58.6 Å². The second-order valence-electron chi connectivity index (χ2n) is 4.74. The minimum atomic E-state index is -0.639. The van der Waals surface area contributed by atoms with Crippen molar-refractivity contribution in [3.63, 3.8) is 0 Å². The Balaban J connectivity index is 1.80. The van der Waals surface area contributed by atoms with Gasteiger partial charge < -0.3 is 15.0 Å². The molecule has 2 rings (SSSR count). The van der Waals surface area contributed by atoms with E-state index in [1.165, 1.54) is 0 Å². The number of likely N-dealkylation sites (N-methyl/N-ethyl adjacent to an activating group) is 1. The van der Waals surface area contributed by atoms with E-state index < -0.39 is 6.10 Å². The van der Waals surface area contributed by atoms with Crippen LogP contribution in [0.2, 0.25) is 0 Å². The van der Waals surface area contributed by atoms with Crippen molar-refractivity contribution in [1.29, 1.82) is 0 Å². The van der Waals surface area contributed by atoms with Crippen LogP contribution in [0.1, 0.15) is 18.9 Å². The van der Waals surface area contributed by atoms with Gasteiger partial charge in [-0.05, 0) is 12.5 Å². The zero-order valence-corrected chi connectivity index (χ0v) is 11.7. The van der Waals surface area contributed by atoms with Crippen molar-refractivity contribution < 1.29 is 14.3 Å². The molecular weight excluding hydrogens is 256 g/mol. The van der Waals surface area contributed by atoms with E-state index in [-0.39, 0.29) is 18.2 Å². The van der Waals surface area contributed by atoms with Gasteiger partial charge in [0.1, 0.15) is 6.10 Å². The summed E-state index contributed by atoms with van der Waals surface area (Å²) in [6.07, 6.45) is -0.554. The van der Waals surface area contributed by atoms with Crippen LogP contribution in [0.15, 0.2) is 30.3 Å². The van der Waals surface area contributed by atoms with E-state index in [1.807, 2.05) is 37.3 Å². The lowest BCUT2D eigenvalue weighted by Crippen LogP contribution is -2.49. The summed E-state index contributed by atoms with van der Waals surface area (Å²) in [6, 6.07) is 9.67. The van der Waals surface area contributed by atoms with Gasteiger partial charge in [-0.15, -0.1) is 0 Å². The average Bonchev–Trinajstić information content (AvgIpc) is 2.48. The van der Waals surface area contributed by atoms with E-state index in [0.29, 0.717) is 26.2 Å². The zero-order valence-electron chi connectivity index (χ0n) is 11.7. The highest BCUT2D eigenvalue weighted by molar-refractivity contribution is 5.88. The lowest BCUT2D eigenvalue weighted by Gasteiger charge is -2.31. The smallest absolute Gasteiger partial charge is 0.252 e. The summed E-state index contributed by atoms with van der Waals surface area (Å²) < 4.78 is 5.39. The molecule has 1 aliphatic rings. The number of amides is 2. The third-order valence-electron chi connectivity index (χ3n) is 3.35. The van der Waals surface area contributed by atoms with E-state index >= 15 is 0 Å². The second-order valence-corrected chi connectivity index (χ2v) is 4.74. The summed E-state index contributed by atoms with van der Waals surface area (Å²) in [5.74, 6) is -0.251. The van der Waals surface area contributed by atoms with Gasteiger partial charge in [-0.3, -0.25) is 9.59 Å². The van der Waals surface area contributed by atoms with Crippen molar-refractivity contribution in [1.82, 2.24) is 10.2 Å². The Morgan fingerprint density at radius 1 is 1.40 bits per heavy atom. The summed E-state index contributed by atoms with van der Waals surface area (Å²) in [6.45, 7) is 4.16. The van der Waals surface area contributed by atoms with Gasteiger partial charge in [-0.1, -0.05) is 30.3 Å². The first-order valence-corrected chi connectivity index (χ1v) is 6.91. The number of nitrogens with one attached hydrogen (secondary N) is 1. The van der Waals surface area contributed by atoms with Crippen LogP contribution in [0, 0.1) is 0 Å². The Labute approximate surface area is 118 Å². The third-order valence-corrected chi connectivity index (χ3v) is 3.35. The first-order chi connectivity index (χ1) is 9.70. The molecule has 5 nitrogen and oxygen atoms in total. The molecule has 1 aromatic carbocycles. The van der Waals surface area contributed by atoms with Crippen molar-refractivity contribution in [3.8, 4) is 0 Å². The van der Waals surface area contributed by atoms with Crippen molar-refractivity contribution in [3.05, 3.63) is 35.9 Å². The Hall–Kier alpha value is -1.88. The van der Waals surface area contributed by atoms with Crippen LogP contribution in [0.5, 0.6) is 0 Å². The quantitative estimate of drug-likeness (QED) is 0.870. The van der Waals surface area contributed by atoms with E-state index in [4.69, 9.17) is 4.74 Å². The Morgan fingerprint density at radius 3 is 2.85 bits per heavy atom. The van der Waals surface area contributed by atoms with E-state index in [9.17, 15) is 9.59 Å². The molecule has 0 saturated carbocycles. The van der Waals surface area contributed by atoms with Crippen LogP contribution in [0.4, 0.5) is 0 Å². The molecule has 1 aromatic rings. The Morgan fingerprint density at radius 2 is 2.15 bits per heavy atom. The van der Waals surface area contributed by atoms with E-state index in [0.717, 1.165) is 5.56 Å². The van der Waals surface area contributed by atoms with Gasteiger partial charge in [0, 0.05) is 19.6 Å². The van der Waals surface area contributed by atoms with Crippen molar-refractivity contribution >= 4 is 11.8 Å². The van der Waals surface area contributed by atoms with Gasteiger partial charge in [-0.2, -0.15) is 0 Å². The zero-order chi connectivity index (χ0) is 14.4. The van der Waals surface area contributed by atoms with Crippen LogP contribution in [0.3, 0.4) is 0 Å². The van der Waals surface area contributed by atoms with Crippen LogP contribution in [0.25, 0.3) is 0 Å². The first-order valence-electron chi connectivity index (χ1n) is 6.91. The Kier molecular flexibility index (Phi) is 5.12. The molecule has 0 aromatic heterocycles. The number of carbonyl (C=O) groups is 2. The number of hydrogen-bond donors (Lipinski definition) is 1. The maximum atomic E-state index is 12.0. The molecule has 108 valence electrons. The maximum absolute atomic E-state index is 12.0. The normalized spacial score (nSPS) is 18.9. The predicted molar refractivity (Wildman–Crippen MR) is 74.9 cm³/mol. The van der Waals surface area contributed by atoms with Crippen LogP contribution in [-0.4, -0.2) is 42.5 Å². The summed E-state index contributed by atoms with van der Waals surface area (Å²) in [5.41, 5.74) is 1.03. The fourth-order valence-electron chi connectivity index (χ4n) is 2.19. The molecule has 1 heterocycles. The van der Waals surface area contributed by atoms with E-state index in [2.05, 4.69) is 5.32 Å². The van der Waals surface area contributed by atoms with Crippen molar-refractivity contribution in [2.45, 2.75) is 26.0 Å². The molecule has 0 radical (unpaired) electrons. The molecule has 1 saturated heterocycles. The van der Waals surface area contributed by atoms with Crippen LogP contribution in [-0.2, 0) is 20.9 Å². The summed E-state index contributed by atoms with van der Waals surface area (Å²) in [7, 11) is 0. The number of ether oxygens (including phenoxy) is 1. The fraction of sp³-hybridized carbons (Fsp3) is 0.467. The predicted octanol–water partition coefficient (Wildman–Crippen LogP) is 0.940. The highest BCUT2D eigenvalue weighted by atomic mass is 16.5. The number of rotatable bonds is 5. The van der Waals surface area contributed by atoms with Crippen LogP contribution >= 0.6 is 0 Å². The minimum Gasteiger partial charge on any atom is -0.366 e. The van der Waals surface area contributed by atoms with Gasteiger partial charge in [0.25, 0.3) is 5.91 Å². The number of hydrogen-bond acceptors (Lipinski definition) is 3. The molecule has 0 aliphatic carbocycles. The lowest BCUT2D eigenvalue weighted by molar-refractivity contribution is -0.155. The highest BCUT2D eigenvalue weighted by Gasteiger charge is 2.30. The fourth-order valence-corrected chi connectivity index (χ4v) is 2.19. The molecule has 1 atom stereocenters. The molecule has 1 N–H and O–H groups in total. The minimum absolute atomic E-state index is 0.0855. The summed E-state index contributed by atoms with van der Waals surface area (Å²) in [4.78, 5) is 25.6. The van der Waals surface area contributed by atoms with Gasteiger partial charge in [0.15, 0.2) is 0 Å². The largest absolute Gasteiger partial charge is 0.366 e. The summed E-state index contributed by atoms with van der Waals surface area (Å²) >= 11 is 0. The molecule has 1 fully saturated rings. The number of carbonyl (C=O) groups excluding carboxylic acids is 2. The number of morpholine rings is 1. The average molecular weight is 276 g/mol. The van der Waals surface area contributed by atoms with Gasteiger partial charge in [0.05, 0.1) is 13.0 Å². The summed E-state index contributed by atoms with van der Waals surface area (Å²) in [5, 5.41) is 2.81. The molecule has 1 aliphatic heterocycles. The van der Waals surface area contributed by atoms with Crippen molar-refractivity contribution in [2.75, 3.05) is 19.7 Å². The first kappa shape index (κ1) is 14.5. The van der Waals surface area contributed by atoms with E-state index in [1.54, 1.807) is 4.90 Å². The molecular formula is C15H20N2O3. The highest BCUT2D eigenvalue weighted by Crippen LogP contribution is 2.10. The molecule has 2 amide bonds. The molecule has 5 heteroatoms. The van der Waals surface area contributed by atoms with Gasteiger partial charge >= 0.3 is 0 Å². The number of benzene rings is 1. The monoisotopic (exact) mass is 276 g/mol. The third kappa shape index (κ3) is 3.81. The molecule has 0 bridgehead atoms. The second kappa shape index (κ2) is 7.05. The van der Waals surface area contributed by atoms with Crippen molar-refractivity contribution in [2.24, 2.45) is 0 Å². The molecule has 1 unspecified atom stereocenters.